The summed E-state index contributed by atoms with van der Waals surface area (Å²) in [7, 11) is 0. The van der Waals surface area contributed by atoms with Gasteiger partial charge in [0.2, 0.25) is 0 Å². The molecule has 0 bridgehead atoms. The minimum atomic E-state index is -0.152. The summed E-state index contributed by atoms with van der Waals surface area (Å²) < 4.78 is 2.20. The lowest BCUT2D eigenvalue weighted by Gasteiger charge is -2.23. The molecule has 1 aromatic carbocycles. The van der Waals surface area contributed by atoms with Gasteiger partial charge in [0.25, 0.3) is 0 Å². The number of fused-ring (bicyclic) bond motifs is 5. The number of benzene rings is 1. The van der Waals surface area contributed by atoms with Crippen LogP contribution in [0, 0.1) is 0 Å². The van der Waals surface area contributed by atoms with E-state index in [1.165, 1.54) is 0 Å². The Morgan fingerprint density at radius 3 is 2.11 bits per heavy atom. The lowest BCUT2D eigenvalue weighted by Crippen LogP contribution is -2.22. The third-order valence-corrected chi connectivity index (χ3v) is 5.01. The van der Waals surface area contributed by atoms with E-state index < -0.39 is 0 Å². The first kappa shape index (κ1) is 18.8. The molecule has 146 valence electrons. The number of imidazole rings is 1. The van der Waals surface area contributed by atoms with Crippen molar-refractivity contribution in [1.29, 1.82) is 0 Å². The number of hydrogen-bond acceptors (Lipinski definition) is 4. The minimum Gasteiger partial charge on any atom is -0.279 e. The van der Waals surface area contributed by atoms with Gasteiger partial charge in [0.05, 0.1) is 22.1 Å². The zero-order valence-corrected chi connectivity index (χ0v) is 18.1. The Bertz CT molecular complexity index is 1200. The van der Waals surface area contributed by atoms with E-state index in [0.717, 1.165) is 45.1 Å². The minimum absolute atomic E-state index is 0.145. The normalized spacial score (nSPS) is 13.3. The average Bonchev–Trinajstić information content (AvgIpc) is 2.97. The topological polar surface area (TPSA) is 56.0 Å². The van der Waals surface area contributed by atoms with Crippen molar-refractivity contribution in [2.24, 2.45) is 0 Å². The van der Waals surface area contributed by atoms with E-state index in [0.29, 0.717) is 0 Å². The van der Waals surface area contributed by atoms with Crippen molar-refractivity contribution in [3.05, 3.63) is 41.6 Å². The molecule has 4 rings (SSSR count). The maximum atomic E-state index is 5.09. The molecule has 0 unspecified atom stereocenters. The van der Waals surface area contributed by atoms with Crippen LogP contribution in [0.2, 0.25) is 0 Å². The third-order valence-electron chi connectivity index (χ3n) is 5.01. The fourth-order valence-corrected chi connectivity index (χ4v) is 3.58. The van der Waals surface area contributed by atoms with E-state index in [9.17, 15) is 0 Å². The highest BCUT2D eigenvalue weighted by atomic mass is 15.1. The van der Waals surface area contributed by atoms with Gasteiger partial charge in [-0.05, 0) is 18.1 Å². The van der Waals surface area contributed by atoms with Crippen LogP contribution in [0.5, 0.6) is 0 Å². The van der Waals surface area contributed by atoms with E-state index >= 15 is 0 Å². The van der Waals surface area contributed by atoms with Gasteiger partial charge in [-0.15, -0.1) is 0 Å². The second kappa shape index (κ2) is 5.97. The fourth-order valence-electron chi connectivity index (χ4n) is 3.58. The zero-order chi connectivity index (χ0) is 20.4. The molecule has 0 saturated heterocycles. The number of para-hydroxylation sites is 2. The maximum Gasteiger partial charge on any atom is 0.168 e. The van der Waals surface area contributed by atoms with Crippen LogP contribution in [0.25, 0.3) is 27.7 Å². The Hall–Kier alpha value is -2.56. The lowest BCUT2D eigenvalue weighted by atomic mass is 9.94. The van der Waals surface area contributed by atoms with Crippen LogP contribution < -0.4 is 0 Å². The first-order chi connectivity index (χ1) is 13.0. The van der Waals surface area contributed by atoms with E-state index in [1.807, 2.05) is 6.07 Å². The molecular formula is C23H29N5. The first-order valence-electron chi connectivity index (χ1n) is 9.98. The number of nitrogens with zero attached hydrogens (tertiary/aromatic N) is 5. The van der Waals surface area contributed by atoms with E-state index in [2.05, 4.69) is 78.0 Å². The SMILES string of the molecule is CC(C)c1nc(C(C)(C)C)nc2nc(C(C)(C)C)n3c4ccccc4nc3c12. The van der Waals surface area contributed by atoms with Gasteiger partial charge in [-0.3, -0.25) is 4.40 Å². The van der Waals surface area contributed by atoms with Gasteiger partial charge >= 0.3 is 0 Å². The fraction of sp³-hybridized carbons (Fsp3) is 0.478. The van der Waals surface area contributed by atoms with Crippen LogP contribution in [0.1, 0.15) is 78.7 Å². The molecule has 0 aliphatic carbocycles. The van der Waals surface area contributed by atoms with Crippen LogP contribution in [0.4, 0.5) is 0 Å². The molecule has 3 aromatic heterocycles. The summed E-state index contributed by atoms with van der Waals surface area (Å²) in [5.41, 5.74) is 4.41. The predicted molar refractivity (Wildman–Crippen MR) is 115 cm³/mol. The summed E-state index contributed by atoms with van der Waals surface area (Å²) in [5.74, 6) is 2.05. The predicted octanol–water partition coefficient (Wildman–Crippen LogP) is 5.54. The zero-order valence-electron chi connectivity index (χ0n) is 18.1. The van der Waals surface area contributed by atoms with Crippen molar-refractivity contribution >= 4 is 27.7 Å². The summed E-state index contributed by atoms with van der Waals surface area (Å²) in [5, 5.41) is 0.965. The Balaban J connectivity index is 2.29. The molecule has 5 nitrogen and oxygen atoms in total. The highest BCUT2D eigenvalue weighted by Crippen LogP contribution is 2.34. The van der Waals surface area contributed by atoms with Crippen LogP contribution in [0.3, 0.4) is 0 Å². The Morgan fingerprint density at radius 2 is 1.50 bits per heavy atom. The quantitative estimate of drug-likeness (QED) is 0.438. The van der Waals surface area contributed by atoms with Gasteiger partial charge in [-0.1, -0.05) is 67.5 Å². The Labute approximate surface area is 166 Å². The molecule has 0 spiro atoms. The van der Waals surface area contributed by atoms with Gasteiger partial charge in [0.15, 0.2) is 11.3 Å². The molecule has 5 heteroatoms. The van der Waals surface area contributed by atoms with Crippen molar-refractivity contribution in [1.82, 2.24) is 24.3 Å². The number of aromatic nitrogens is 5. The van der Waals surface area contributed by atoms with Crippen molar-refractivity contribution < 1.29 is 0 Å². The van der Waals surface area contributed by atoms with Crippen molar-refractivity contribution in [3.8, 4) is 0 Å². The van der Waals surface area contributed by atoms with E-state index in [-0.39, 0.29) is 16.7 Å². The van der Waals surface area contributed by atoms with Gasteiger partial charge in [0, 0.05) is 10.8 Å². The standard InChI is InChI=1S/C23H29N5/c1-13(2)17-16-18(26-20(25-17)22(3,4)5)27-21(23(6,7)8)28-15-12-10-9-11-14(15)24-19(16)28/h9-13H,1-8H3. The molecule has 0 fully saturated rings. The lowest BCUT2D eigenvalue weighted by molar-refractivity contribution is 0.533. The number of hydrogen-bond donors (Lipinski definition) is 0. The Morgan fingerprint density at radius 1 is 0.821 bits per heavy atom. The monoisotopic (exact) mass is 375 g/mol. The van der Waals surface area contributed by atoms with Crippen LogP contribution in [-0.4, -0.2) is 24.3 Å². The van der Waals surface area contributed by atoms with Crippen LogP contribution >= 0.6 is 0 Å². The second-order valence-corrected chi connectivity index (χ2v) is 9.98. The largest absolute Gasteiger partial charge is 0.279 e. The third kappa shape index (κ3) is 2.84. The van der Waals surface area contributed by atoms with Gasteiger partial charge in [0.1, 0.15) is 11.6 Å². The number of rotatable bonds is 1. The molecule has 3 heterocycles. The Kier molecular flexibility index (Phi) is 4.00. The first-order valence-corrected chi connectivity index (χ1v) is 9.98. The summed E-state index contributed by atoms with van der Waals surface area (Å²) in [6.07, 6.45) is 0. The van der Waals surface area contributed by atoms with Crippen molar-refractivity contribution in [3.63, 3.8) is 0 Å². The molecule has 0 N–H and O–H groups in total. The molecule has 0 aliphatic rings. The molecule has 0 aliphatic heterocycles. The molecule has 4 aromatic rings. The smallest absolute Gasteiger partial charge is 0.168 e. The van der Waals surface area contributed by atoms with Crippen LogP contribution in [-0.2, 0) is 10.8 Å². The molecule has 0 atom stereocenters. The van der Waals surface area contributed by atoms with E-state index in [1.54, 1.807) is 0 Å². The summed E-state index contributed by atoms with van der Waals surface area (Å²) in [6.45, 7) is 17.3. The molecule has 0 radical (unpaired) electrons. The molecule has 0 saturated carbocycles. The second-order valence-electron chi connectivity index (χ2n) is 9.98. The average molecular weight is 376 g/mol. The highest BCUT2D eigenvalue weighted by molar-refractivity contribution is 5.96. The summed E-state index contributed by atoms with van der Waals surface area (Å²) in [6, 6.07) is 8.24. The maximum absolute atomic E-state index is 5.09. The summed E-state index contributed by atoms with van der Waals surface area (Å²) in [4.78, 5) is 20.0. The van der Waals surface area contributed by atoms with Crippen molar-refractivity contribution in [2.75, 3.05) is 0 Å². The van der Waals surface area contributed by atoms with Gasteiger partial charge < -0.3 is 0 Å². The van der Waals surface area contributed by atoms with Gasteiger partial charge in [-0.25, -0.2) is 19.9 Å². The molecule has 0 amide bonds. The van der Waals surface area contributed by atoms with Crippen LogP contribution in [0.15, 0.2) is 24.3 Å². The van der Waals surface area contributed by atoms with Gasteiger partial charge in [-0.2, -0.15) is 0 Å². The summed E-state index contributed by atoms with van der Waals surface area (Å²) >= 11 is 0. The molecular weight excluding hydrogens is 346 g/mol. The highest BCUT2D eigenvalue weighted by Gasteiger charge is 2.28. The van der Waals surface area contributed by atoms with Crippen molar-refractivity contribution in [2.45, 2.75) is 72.1 Å². The van der Waals surface area contributed by atoms with E-state index in [4.69, 9.17) is 19.9 Å². The molecule has 28 heavy (non-hydrogen) atoms.